The van der Waals surface area contributed by atoms with Crippen LogP contribution in [-0.4, -0.2) is 47.8 Å². The van der Waals surface area contributed by atoms with Crippen LogP contribution < -0.4 is 9.54 Å². The van der Waals surface area contributed by atoms with E-state index in [4.69, 9.17) is 4.74 Å². The third kappa shape index (κ3) is 4.73. The van der Waals surface area contributed by atoms with Crippen LogP contribution in [0.5, 0.6) is 5.75 Å². The monoisotopic (exact) mass is 518 g/mol. The number of nitro groups is 1. The number of carbonyl (C=O) groups is 1. The molecule has 10 nitrogen and oxygen atoms in total. The summed E-state index contributed by atoms with van der Waals surface area (Å²) in [5.41, 5.74) is 0.750. The van der Waals surface area contributed by atoms with Gasteiger partial charge in [-0.1, -0.05) is 17.8 Å². The van der Waals surface area contributed by atoms with Crippen molar-refractivity contribution in [3.63, 3.8) is 0 Å². The Morgan fingerprint density at radius 3 is 2.57 bits per heavy atom. The third-order valence-electron chi connectivity index (χ3n) is 6.12. The van der Waals surface area contributed by atoms with E-state index in [9.17, 15) is 23.3 Å². The summed E-state index contributed by atoms with van der Waals surface area (Å²) in [6, 6.07) is 8.50. The van der Waals surface area contributed by atoms with Gasteiger partial charge < -0.3 is 9.30 Å². The third-order valence-corrected chi connectivity index (χ3v) is 9.17. The molecule has 35 heavy (non-hydrogen) atoms. The van der Waals surface area contributed by atoms with E-state index in [1.54, 1.807) is 4.57 Å². The Bertz CT molecular complexity index is 1460. The SMILES string of the molecule is CCn1c(=NC(=O)c2ccc(S(=O)(=O)N3CCCCC3C)cc2)sc2cc([N+](=O)[O-])cc(OC)c21. The molecule has 2 aromatic carbocycles. The summed E-state index contributed by atoms with van der Waals surface area (Å²) < 4.78 is 35.3. The number of hydrogen-bond acceptors (Lipinski definition) is 7. The molecule has 4 rings (SSSR count). The summed E-state index contributed by atoms with van der Waals surface area (Å²) in [7, 11) is -2.21. The van der Waals surface area contributed by atoms with Crippen LogP contribution in [0.4, 0.5) is 5.69 Å². The predicted octanol–water partition coefficient (Wildman–Crippen LogP) is 3.94. The number of non-ortho nitro benzene ring substituents is 1. The second-order valence-electron chi connectivity index (χ2n) is 8.28. The maximum atomic E-state index is 13.0. The fraction of sp³-hybridized carbons (Fsp3) is 0.391. The van der Waals surface area contributed by atoms with Gasteiger partial charge >= 0.3 is 0 Å². The lowest BCUT2D eigenvalue weighted by Crippen LogP contribution is -2.41. The van der Waals surface area contributed by atoms with Crippen molar-refractivity contribution in [3.8, 4) is 5.75 Å². The molecule has 1 fully saturated rings. The number of nitrogens with zero attached hydrogens (tertiary/aromatic N) is 4. The summed E-state index contributed by atoms with van der Waals surface area (Å²) in [6.07, 6.45) is 2.67. The Hall–Kier alpha value is -3.09. The van der Waals surface area contributed by atoms with Crippen LogP contribution in [0.15, 0.2) is 46.3 Å². The van der Waals surface area contributed by atoms with Crippen LogP contribution in [0.25, 0.3) is 10.2 Å². The highest BCUT2D eigenvalue weighted by Gasteiger charge is 2.31. The molecule has 186 valence electrons. The van der Waals surface area contributed by atoms with Crippen molar-refractivity contribution in [2.24, 2.45) is 4.99 Å². The van der Waals surface area contributed by atoms with Gasteiger partial charge in [0.2, 0.25) is 10.0 Å². The van der Waals surface area contributed by atoms with Crippen LogP contribution in [0, 0.1) is 10.1 Å². The van der Waals surface area contributed by atoms with Crippen molar-refractivity contribution >= 4 is 43.2 Å². The van der Waals surface area contributed by atoms with Gasteiger partial charge in [0.25, 0.3) is 11.6 Å². The highest BCUT2D eigenvalue weighted by molar-refractivity contribution is 7.89. The Morgan fingerprint density at radius 2 is 1.97 bits per heavy atom. The minimum Gasteiger partial charge on any atom is -0.494 e. The zero-order valence-electron chi connectivity index (χ0n) is 19.6. The smallest absolute Gasteiger partial charge is 0.279 e. The molecular formula is C23H26N4O6S2. The number of rotatable bonds is 6. The first kappa shape index (κ1) is 25.0. The van der Waals surface area contributed by atoms with Gasteiger partial charge in [0.05, 0.1) is 27.7 Å². The highest BCUT2D eigenvalue weighted by Crippen LogP contribution is 2.33. The molecule has 0 saturated carbocycles. The number of hydrogen-bond donors (Lipinski definition) is 0. The molecule has 1 amide bonds. The van der Waals surface area contributed by atoms with Crippen molar-refractivity contribution in [2.75, 3.05) is 13.7 Å². The molecule has 1 aliphatic heterocycles. The first-order chi connectivity index (χ1) is 16.7. The number of nitro benzene ring substituents is 1. The number of amides is 1. The lowest BCUT2D eigenvalue weighted by Gasteiger charge is -2.32. The summed E-state index contributed by atoms with van der Waals surface area (Å²) in [5.74, 6) is -0.217. The quantitative estimate of drug-likeness (QED) is 0.360. The average Bonchev–Trinajstić information content (AvgIpc) is 3.20. The van der Waals surface area contributed by atoms with Gasteiger partial charge in [0.1, 0.15) is 5.52 Å². The minimum absolute atomic E-state index is 0.0599. The summed E-state index contributed by atoms with van der Waals surface area (Å²) in [5, 5.41) is 11.3. The fourth-order valence-electron chi connectivity index (χ4n) is 4.28. The van der Waals surface area contributed by atoms with Crippen molar-refractivity contribution in [2.45, 2.75) is 50.6 Å². The molecule has 1 aromatic heterocycles. The molecule has 0 N–H and O–H groups in total. The van der Waals surface area contributed by atoms with E-state index in [-0.39, 0.29) is 22.2 Å². The minimum atomic E-state index is -3.64. The number of ether oxygens (including phenoxy) is 1. The number of aromatic nitrogens is 1. The molecule has 1 aliphatic rings. The van der Waals surface area contributed by atoms with Crippen LogP contribution in [0.2, 0.25) is 0 Å². The van der Waals surface area contributed by atoms with E-state index in [0.717, 1.165) is 30.6 Å². The molecule has 1 unspecified atom stereocenters. The number of piperidine rings is 1. The molecule has 0 spiro atoms. The van der Waals surface area contributed by atoms with E-state index in [0.29, 0.717) is 33.9 Å². The van der Waals surface area contributed by atoms with Gasteiger partial charge in [0, 0.05) is 30.8 Å². The van der Waals surface area contributed by atoms with Crippen LogP contribution >= 0.6 is 11.3 Å². The molecule has 0 radical (unpaired) electrons. The zero-order chi connectivity index (χ0) is 25.3. The number of fused-ring (bicyclic) bond motifs is 1. The lowest BCUT2D eigenvalue weighted by atomic mass is 10.1. The van der Waals surface area contributed by atoms with Crippen LogP contribution in [0.3, 0.4) is 0 Å². The molecule has 1 atom stereocenters. The topological polar surface area (TPSA) is 124 Å². The molecular weight excluding hydrogens is 492 g/mol. The second-order valence-corrected chi connectivity index (χ2v) is 11.2. The van der Waals surface area contributed by atoms with Gasteiger partial charge in [-0.05, 0) is 51.0 Å². The van der Waals surface area contributed by atoms with Gasteiger partial charge in [-0.15, -0.1) is 0 Å². The maximum absolute atomic E-state index is 13.0. The number of aryl methyl sites for hydroxylation is 1. The summed E-state index contributed by atoms with van der Waals surface area (Å²) in [4.78, 5) is 28.5. The number of carbonyl (C=O) groups excluding carboxylic acids is 1. The van der Waals surface area contributed by atoms with E-state index in [1.165, 1.54) is 47.8 Å². The Labute approximate surface area is 206 Å². The normalized spacial score (nSPS) is 17.6. The van der Waals surface area contributed by atoms with Crippen molar-refractivity contribution in [1.29, 1.82) is 0 Å². The molecule has 3 aromatic rings. The van der Waals surface area contributed by atoms with Gasteiger partial charge in [-0.2, -0.15) is 9.30 Å². The van der Waals surface area contributed by atoms with Gasteiger partial charge in [-0.25, -0.2) is 8.42 Å². The lowest BCUT2D eigenvalue weighted by molar-refractivity contribution is -0.384. The molecule has 2 heterocycles. The predicted molar refractivity (Wildman–Crippen MR) is 132 cm³/mol. The van der Waals surface area contributed by atoms with E-state index >= 15 is 0 Å². The standard InChI is InChI=1S/C23H26N4O6S2/c1-4-25-21-19(33-3)13-17(27(29)30)14-20(21)34-23(25)24-22(28)16-8-10-18(11-9-16)35(31,32)26-12-6-5-7-15(26)2/h8-11,13-15H,4-7,12H2,1-3H3. The first-order valence-corrected chi connectivity index (χ1v) is 13.5. The van der Waals surface area contributed by atoms with Crippen molar-refractivity contribution < 1.29 is 22.9 Å². The van der Waals surface area contributed by atoms with Crippen LogP contribution in [-0.2, 0) is 16.6 Å². The molecule has 0 aliphatic carbocycles. The molecule has 0 bridgehead atoms. The Morgan fingerprint density at radius 1 is 1.26 bits per heavy atom. The maximum Gasteiger partial charge on any atom is 0.279 e. The Balaban J connectivity index is 1.70. The first-order valence-electron chi connectivity index (χ1n) is 11.2. The largest absolute Gasteiger partial charge is 0.494 e. The number of thiazole rings is 1. The van der Waals surface area contributed by atoms with Gasteiger partial charge in [0.15, 0.2) is 10.6 Å². The van der Waals surface area contributed by atoms with E-state index < -0.39 is 20.9 Å². The summed E-state index contributed by atoms with van der Waals surface area (Å²) in [6.45, 7) is 4.73. The van der Waals surface area contributed by atoms with Crippen molar-refractivity contribution in [1.82, 2.24) is 8.87 Å². The average molecular weight is 519 g/mol. The number of benzene rings is 2. The van der Waals surface area contributed by atoms with E-state index in [2.05, 4.69) is 4.99 Å². The van der Waals surface area contributed by atoms with Gasteiger partial charge in [-0.3, -0.25) is 14.9 Å². The fourth-order valence-corrected chi connectivity index (χ4v) is 7.13. The second kappa shape index (κ2) is 9.88. The molecule has 1 saturated heterocycles. The van der Waals surface area contributed by atoms with Crippen molar-refractivity contribution in [3.05, 3.63) is 56.9 Å². The Kier molecular flexibility index (Phi) is 7.06. The number of sulfonamides is 1. The number of methoxy groups -OCH3 is 1. The van der Waals surface area contributed by atoms with Crippen LogP contribution in [0.1, 0.15) is 43.5 Å². The zero-order valence-corrected chi connectivity index (χ0v) is 21.3. The highest BCUT2D eigenvalue weighted by atomic mass is 32.2. The van der Waals surface area contributed by atoms with E-state index in [1.807, 2.05) is 13.8 Å². The molecule has 12 heteroatoms. The summed E-state index contributed by atoms with van der Waals surface area (Å²) >= 11 is 1.15.